The summed E-state index contributed by atoms with van der Waals surface area (Å²) in [6.45, 7) is 0. The predicted octanol–water partition coefficient (Wildman–Crippen LogP) is 4.47. The van der Waals surface area contributed by atoms with Crippen molar-refractivity contribution < 1.29 is 9.59 Å². The second kappa shape index (κ2) is 6.67. The molecule has 0 fully saturated rings. The molecule has 1 N–H and O–H groups in total. The van der Waals surface area contributed by atoms with E-state index in [-0.39, 0.29) is 0 Å². The first-order valence-corrected chi connectivity index (χ1v) is 9.37. The summed E-state index contributed by atoms with van der Waals surface area (Å²) in [6.07, 6.45) is 1.53. The molecule has 4 aromatic rings. The van der Waals surface area contributed by atoms with Gasteiger partial charge in [0.1, 0.15) is 5.82 Å². The number of pyridine rings is 1. The third-order valence-electron chi connectivity index (χ3n) is 3.86. The van der Waals surface area contributed by atoms with Crippen LogP contribution >= 0.6 is 22.7 Å². The molecule has 0 radical (unpaired) electrons. The predicted molar refractivity (Wildman–Crippen MR) is 104 cm³/mol. The van der Waals surface area contributed by atoms with Crippen LogP contribution in [0.1, 0.15) is 9.67 Å². The maximum Gasteiger partial charge on any atom is 0.250 e. The lowest BCUT2D eigenvalue weighted by molar-refractivity contribution is -0.117. The number of hydrogen-bond acceptors (Lipinski definition) is 6. The average molecular weight is 377 g/mol. The van der Waals surface area contributed by atoms with E-state index in [1.54, 1.807) is 35.6 Å². The van der Waals surface area contributed by atoms with E-state index in [1.807, 2.05) is 30.3 Å². The zero-order valence-electron chi connectivity index (χ0n) is 13.3. The smallest absolute Gasteiger partial charge is 0.250 e. The summed E-state index contributed by atoms with van der Waals surface area (Å²) >= 11 is 2.92. The van der Waals surface area contributed by atoms with Gasteiger partial charge in [-0.15, -0.1) is 22.7 Å². The lowest BCUT2D eigenvalue weighted by Crippen LogP contribution is -2.28. The van der Waals surface area contributed by atoms with Gasteiger partial charge in [0.15, 0.2) is 11.7 Å². The highest BCUT2D eigenvalue weighted by Gasteiger charge is 2.29. The molecule has 0 bridgehead atoms. The molecule has 5 nitrogen and oxygen atoms in total. The number of aromatic nitrogens is 1. The van der Waals surface area contributed by atoms with Crippen molar-refractivity contribution in [3.8, 4) is 6.07 Å². The molecule has 0 aliphatic heterocycles. The Kier molecular flexibility index (Phi) is 4.21. The van der Waals surface area contributed by atoms with Crippen LogP contribution in [0.25, 0.3) is 19.5 Å². The molecule has 7 heteroatoms. The quantitative estimate of drug-likeness (QED) is 0.420. The topological polar surface area (TPSA) is 82.8 Å². The van der Waals surface area contributed by atoms with Crippen LogP contribution in [-0.4, -0.2) is 16.7 Å². The van der Waals surface area contributed by atoms with E-state index >= 15 is 0 Å². The highest BCUT2D eigenvalue weighted by atomic mass is 32.1. The molecule has 0 unspecified atom stereocenters. The summed E-state index contributed by atoms with van der Waals surface area (Å²) in [5.74, 6) is -2.25. The van der Waals surface area contributed by atoms with Gasteiger partial charge in [0, 0.05) is 21.0 Å². The molecule has 126 valence electrons. The van der Waals surface area contributed by atoms with Crippen molar-refractivity contribution in [3.05, 3.63) is 59.6 Å². The minimum atomic E-state index is -1.41. The molecule has 0 saturated heterocycles. The van der Waals surface area contributed by atoms with Crippen LogP contribution in [0.3, 0.4) is 0 Å². The summed E-state index contributed by atoms with van der Waals surface area (Å²) < 4.78 is 3.15. The number of ketones is 1. The molecule has 0 aliphatic rings. The van der Waals surface area contributed by atoms with Gasteiger partial charge < -0.3 is 5.32 Å². The largest absolute Gasteiger partial charge is 0.309 e. The first kappa shape index (κ1) is 16.4. The number of anilines is 1. The minimum absolute atomic E-state index is 0.309. The van der Waals surface area contributed by atoms with Crippen LogP contribution in [0, 0.1) is 17.2 Å². The van der Waals surface area contributed by atoms with Crippen molar-refractivity contribution in [2.24, 2.45) is 5.92 Å². The van der Waals surface area contributed by atoms with Crippen molar-refractivity contribution in [2.75, 3.05) is 5.32 Å². The molecule has 0 aliphatic carbocycles. The lowest BCUT2D eigenvalue weighted by atomic mass is 10.0. The summed E-state index contributed by atoms with van der Waals surface area (Å²) in [6, 6.07) is 16.6. The van der Waals surface area contributed by atoms with Crippen molar-refractivity contribution in [1.29, 1.82) is 5.26 Å². The van der Waals surface area contributed by atoms with Crippen LogP contribution in [0.4, 0.5) is 5.82 Å². The molecule has 0 saturated carbocycles. The number of carbonyl (C=O) groups excluding carboxylic acids is 2. The minimum Gasteiger partial charge on any atom is -0.309 e. The van der Waals surface area contributed by atoms with Crippen molar-refractivity contribution >= 4 is 59.7 Å². The first-order valence-electron chi connectivity index (χ1n) is 7.74. The van der Waals surface area contributed by atoms with E-state index in [4.69, 9.17) is 0 Å². The zero-order chi connectivity index (χ0) is 18.1. The van der Waals surface area contributed by atoms with E-state index in [0.717, 1.165) is 19.5 Å². The highest BCUT2D eigenvalue weighted by Crippen LogP contribution is 2.39. The van der Waals surface area contributed by atoms with Gasteiger partial charge in [-0.25, -0.2) is 4.98 Å². The number of benzene rings is 1. The van der Waals surface area contributed by atoms with Crippen molar-refractivity contribution in [3.63, 3.8) is 0 Å². The highest BCUT2D eigenvalue weighted by molar-refractivity contribution is 7.33. The maximum absolute atomic E-state index is 12.7. The third kappa shape index (κ3) is 2.86. The maximum atomic E-state index is 12.7. The standard InChI is InChI=1S/C19H11N3O2S2/c20-10-12(19(24)22-16-7-3-4-8-21-16)17(23)14-9-15-18(26-14)11-5-1-2-6-13(11)25-15/h1-9,12H,(H,21,22,24)/t12-/m0/s1. The van der Waals surface area contributed by atoms with Crippen LogP contribution in [0.15, 0.2) is 54.7 Å². The molecule has 1 atom stereocenters. The summed E-state index contributed by atoms with van der Waals surface area (Å²) in [4.78, 5) is 29.5. The monoisotopic (exact) mass is 377 g/mol. The fraction of sp³-hybridized carbons (Fsp3) is 0.0526. The second-order valence-corrected chi connectivity index (χ2v) is 7.67. The van der Waals surface area contributed by atoms with Gasteiger partial charge in [0.05, 0.1) is 15.6 Å². The van der Waals surface area contributed by atoms with Gasteiger partial charge >= 0.3 is 0 Å². The van der Waals surface area contributed by atoms with Crippen LogP contribution in [0.5, 0.6) is 0 Å². The Labute approximate surface area is 156 Å². The Bertz CT molecular complexity index is 1170. The summed E-state index contributed by atoms with van der Waals surface area (Å²) in [5.41, 5.74) is 0. The van der Waals surface area contributed by atoms with Gasteiger partial charge in [-0.3, -0.25) is 9.59 Å². The van der Waals surface area contributed by atoms with Crippen LogP contribution < -0.4 is 5.32 Å². The van der Waals surface area contributed by atoms with Gasteiger partial charge in [-0.05, 0) is 24.3 Å². The molecular weight excluding hydrogens is 366 g/mol. The van der Waals surface area contributed by atoms with Gasteiger partial charge in [0.2, 0.25) is 0 Å². The third-order valence-corrected chi connectivity index (χ3v) is 6.29. The molecule has 1 amide bonds. The van der Waals surface area contributed by atoms with Crippen LogP contribution in [-0.2, 0) is 4.79 Å². The molecule has 26 heavy (non-hydrogen) atoms. The lowest BCUT2D eigenvalue weighted by Gasteiger charge is -2.07. The number of carbonyl (C=O) groups is 2. The number of hydrogen-bond donors (Lipinski definition) is 1. The number of fused-ring (bicyclic) bond motifs is 3. The molecule has 4 rings (SSSR count). The van der Waals surface area contributed by atoms with Gasteiger partial charge in [-0.2, -0.15) is 5.26 Å². The number of Topliss-reactive ketones (excluding diaryl/α,β-unsaturated/α-hetero) is 1. The van der Waals surface area contributed by atoms with Gasteiger partial charge in [0.25, 0.3) is 5.91 Å². The number of nitrogens with zero attached hydrogens (tertiary/aromatic N) is 2. The summed E-state index contributed by atoms with van der Waals surface area (Å²) in [5, 5.41) is 13.0. The zero-order valence-corrected chi connectivity index (χ0v) is 14.9. The van der Waals surface area contributed by atoms with Crippen LogP contribution in [0.2, 0.25) is 0 Å². The Morgan fingerprint density at radius 3 is 2.65 bits per heavy atom. The second-order valence-electron chi connectivity index (χ2n) is 5.53. The number of rotatable bonds is 4. The first-order chi connectivity index (χ1) is 12.7. The van der Waals surface area contributed by atoms with Gasteiger partial charge in [-0.1, -0.05) is 24.3 Å². The Morgan fingerprint density at radius 1 is 1.08 bits per heavy atom. The molecular formula is C19H11N3O2S2. The average Bonchev–Trinajstić information content (AvgIpc) is 3.21. The molecule has 0 spiro atoms. The Hall–Kier alpha value is -3.08. The molecule has 3 heterocycles. The van der Waals surface area contributed by atoms with Crippen molar-refractivity contribution in [1.82, 2.24) is 4.98 Å². The number of thiophene rings is 2. The summed E-state index contributed by atoms with van der Waals surface area (Å²) in [7, 11) is 0. The van der Waals surface area contributed by atoms with E-state index in [1.165, 1.54) is 17.5 Å². The Balaban J connectivity index is 1.63. The van der Waals surface area contributed by atoms with E-state index in [0.29, 0.717) is 10.7 Å². The number of amides is 1. The fourth-order valence-corrected chi connectivity index (χ4v) is 5.13. The number of nitrogens with one attached hydrogen (secondary N) is 1. The van der Waals surface area contributed by atoms with Crippen molar-refractivity contribution in [2.45, 2.75) is 0 Å². The van der Waals surface area contributed by atoms with E-state index < -0.39 is 17.6 Å². The van der Waals surface area contributed by atoms with E-state index in [9.17, 15) is 14.9 Å². The van der Waals surface area contributed by atoms with E-state index in [2.05, 4.69) is 10.3 Å². The molecule has 1 aromatic carbocycles. The normalized spacial score (nSPS) is 12.0. The SMILES string of the molecule is N#C[C@H](C(=O)Nc1ccccn1)C(=O)c1cc2sc3ccccc3c2s1. The Morgan fingerprint density at radius 2 is 1.88 bits per heavy atom. The number of nitriles is 1. The molecule has 3 aromatic heterocycles. The fourth-order valence-electron chi connectivity index (χ4n) is 2.63.